The van der Waals surface area contributed by atoms with Crippen LogP contribution in [0, 0.1) is 0 Å². The van der Waals surface area contributed by atoms with Gasteiger partial charge in [0, 0.05) is 0 Å². The summed E-state index contributed by atoms with van der Waals surface area (Å²) in [5, 5.41) is 8.14. The molecule has 4 rings (SSSR count). The first-order valence-corrected chi connectivity index (χ1v) is 10.8. The van der Waals surface area contributed by atoms with Gasteiger partial charge >= 0.3 is 153 Å². The molecule has 8 nitrogen and oxygen atoms in total. The van der Waals surface area contributed by atoms with E-state index in [1.54, 1.807) is 18.3 Å². The van der Waals surface area contributed by atoms with Crippen LogP contribution in [0.15, 0.2) is 36.5 Å². The molecule has 140 valence electrons. The summed E-state index contributed by atoms with van der Waals surface area (Å²) < 4.78 is 13.5. The topological polar surface area (TPSA) is 66.7 Å². The molecule has 3 heterocycles. The van der Waals surface area contributed by atoms with Gasteiger partial charge in [0.2, 0.25) is 0 Å². The van der Waals surface area contributed by atoms with Crippen molar-refractivity contribution in [3.8, 4) is 0 Å². The van der Waals surface area contributed by atoms with Crippen LogP contribution in [-0.4, -0.2) is 75.2 Å². The van der Waals surface area contributed by atoms with Crippen molar-refractivity contribution in [1.82, 2.24) is 29.2 Å². The van der Waals surface area contributed by atoms with E-state index in [1.165, 1.54) is 17.7 Å². The molecule has 0 aliphatic carbocycles. The zero-order valence-corrected chi connectivity index (χ0v) is 16.2. The van der Waals surface area contributed by atoms with Crippen molar-refractivity contribution in [2.45, 2.75) is 12.8 Å². The minimum absolute atomic E-state index is 0.148. The first kappa shape index (κ1) is 17.5. The molecule has 26 heavy (non-hydrogen) atoms. The van der Waals surface area contributed by atoms with Crippen LogP contribution in [0.5, 0.6) is 0 Å². The van der Waals surface area contributed by atoms with Crippen LogP contribution in [0.1, 0.15) is 28.9 Å². The van der Waals surface area contributed by atoms with E-state index in [0.717, 1.165) is 26.2 Å². The second kappa shape index (κ2) is 7.04. The number of ketones is 1. The molecule has 2 aromatic rings. The normalized spacial score (nSPS) is 22.5. The molecule has 1 aromatic carbocycles. The molecule has 2 aliphatic rings. The molecule has 0 spiro atoms. The summed E-state index contributed by atoms with van der Waals surface area (Å²) in [5.74, 6) is -0.148. The van der Waals surface area contributed by atoms with E-state index in [2.05, 4.69) is 38.4 Å². The number of aromatic nitrogens is 3. The van der Waals surface area contributed by atoms with Crippen molar-refractivity contribution in [1.29, 1.82) is 0 Å². The Bertz CT molecular complexity index is 767. The van der Waals surface area contributed by atoms with Gasteiger partial charge in [-0.1, -0.05) is 0 Å². The molecule has 9 heteroatoms. The molecule has 1 aromatic heterocycles. The fourth-order valence-corrected chi connectivity index (χ4v) is 7.80. The fourth-order valence-electron chi connectivity index (χ4n) is 3.83. The number of carbonyl (C=O) groups is 1. The Kier molecular flexibility index (Phi) is 4.75. The van der Waals surface area contributed by atoms with Gasteiger partial charge in [-0.3, -0.25) is 0 Å². The van der Waals surface area contributed by atoms with Gasteiger partial charge in [0.25, 0.3) is 0 Å². The summed E-state index contributed by atoms with van der Waals surface area (Å²) in [4.78, 5) is 14.0. The number of nitrogens with zero attached hydrogens (tertiary/aromatic N) is 6. The molecule has 0 unspecified atom stereocenters. The van der Waals surface area contributed by atoms with Crippen molar-refractivity contribution in [3.63, 3.8) is 0 Å². The third kappa shape index (κ3) is 2.93. The van der Waals surface area contributed by atoms with Gasteiger partial charge in [0.05, 0.1) is 0 Å². The molecule has 2 saturated heterocycles. The van der Waals surface area contributed by atoms with E-state index < -0.39 is 7.94 Å². The van der Waals surface area contributed by atoms with Crippen LogP contribution in [-0.2, 0) is 0 Å². The van der Waals surface area contributed by atoms with Crippen LogP contribution < -0.4 is 4.62 Å². The van der Waals surface area contributed by atoms with Gasteiger partial charge < -0.3 is 0 Å². The van der Waals surface area contributed by atoms with Crippen LogP contribution in [0.4, 0.5) is 0 Å². The third-order valence-electron chi connectivity index (χ3n) is 5.24. The molecule has 0 N–H and O–H groups in total. The Morgan fingerprint density at radius 3 is 2.35 bits per heavy atom. The SMILES string of the molecule is CN1CCN(C)[PH]1(On1cc(C(=O)c2ccccc2)nn1)N1CCCC1. The summed E-state index contributed by atoms with van der Waals surface area (Å²) >= 11 is 0. The quantitative estimate of drug-likeness (QED) is 0.576. The zero-order valence-electron chi connectivity index (χ0n) is 15.2. The first-order chi connectivity index (χ1) is 12.6. The maximum atomic E-state index is 12.6. The van der Waals surface area contributed by atoms with Gasteiger partial charge in [-0.05, 0) is 0 Å². The molecular formula is C17H25N6O2P. The maximum absolute atomic E-state index is 12.6. The van der Waals surface area contributed by atoms with Gasteiger partial charge in [0.1, 0.15) is 0 Å². The standard InChI is InChI=1S/C17H25N6O2P/c1-20-12-13-21(2)26(20,22-10-6-7-11-22)25-23-14-16(18-19-23)17(24)15-8-4-3-5-9-15/h3-5,8-9,14,26H,6-7,10-13H2,1-2H3. The van der Waals surface area contributed by atoms with Gasteiger partial charge in [-0.25, -0.2) is 0 Å². The van der Waals surface area contributed by atoms with Crippen LogP contribution in [0.25, 0.3) is 0 Å². The monoisotopic (exact) mass is 376 g/mol. The Morgan fingerprint density at radius 2 is 1.69 bits per heavy atom. The molecule has 0 amide bonds. The number of carbonyl (C=O) groups excluding carboxylic acids is 1. The van der Waals surface area contributed by atoms with Gasteiger partial charge in [0.15, 0.2) is 0 Å². The molecule has 0 bridgehead atoms. The number of hydrogen-bond acceptors (Lipinski definition) is 7. The van der Waals surface area contributed by atoms with Crippen molar-refractivity contribution >= 4 is 13.7 Å². The summed E-state index contributed by atoms with van der Waals surface area (Å²) in [6.07, 6.45) is 3.98. The van der Waals surface area contributed by atoms with Crippen LogP contribution in [0.3, 0.4) is 0 Å². The Hall–Kier alpha value is -1.86. The molecule has 0 radical (unpaired) electrons. The molecule has 0 saturated carbocycles. The third-order valence-corrected chi connectivity index (χ3v) is 9.38. The fraction of sp³-hybridized carbons (Fsp3) is 0.471. The minimum atomic E-state index is -2.50. The summed E-state index contributed by atoms with van der Waals surface area (Å²) in [6.45, 7) is 3.99. The first-order valence-electron chi connectivity index (χ1n) is 9.00. The summed E-state index contributed by atoms with van der Waals surface area (Å²) in [6, 6.07) is 9.12. The number of likely N-dealkylation sites (N-methyl/N-ethyl adjacent to an activating group) is 2. The van der Waals surface area contributed by atoms with E-state index in [-0.39, 0.29) is 5.78 Å². The molecular weight excluding hydrogens is 351 g/mol. The summed E-state index contributed by atoms with van der Waals surface area (Å²) in [5.41, 5.74) is 0.895. The van der Waals surface area contributed by atoms with E-state index in [0.29, 0.717) is 11.3 Å². The molecule has 0 atom stereocenters. The van der Waals surface area contributed by atoms with Gasteiger partial charge in [-0.15, -0.1) is 0 Å². The van der Waals surface area contributed by atoms with E-state index in [1.807, 2.05) is 18.2 Å². The summed E-state index contributed by atoms with van der Waals surface area (Å²) in [7, 11) is 1.73. The van der Waals surface area contributed by atoms with Crippen LogP contribution in [0.2, 0.25) is 0 Å². The van der Waals surface area contributed by atoms with E-state index >= 15 is 0 Å². The van der Waals surface area contributed by atoms with E-state index in [4.69, 9.17) is 4.62 Å². The van der Waals surface area contributed by atoms with E-state index in [9.17, 15) is 4.79 Å². The Balaban J connectivity index is 1.59. The average Bonchev–Trinajstić information content (AvgIpc) is 3.40. The van der Waals surface area contributed by atoms with Crippen molar-refractivity contribution < 1.29 is 9.42 Å². The number of rotatable bonds is 5. The average molecular weight is 376 g/mol. The number of hydrogen-bond donors (Lipinski definition) is 0. The van der Waals surface area contributed by atoms with Crippen molar-refractivity contribution in [2.75, 3.05) is 40.3 Å². The second-order valence-corrected chi connectivity index (χ2v) is 10.4. The zero-order chi connectivity index (χ0) is 18.1. The predicted molar refractivity (Wildman–Crippen MR) is 101 cm³/mol. The van der Waals surface area contributed by atoms with Crippen molar-refractivity contribution in [2.24, 2.45) is 0 Å². The number of benzene rings is 1. The molecule has 2 fully saturated rings. The van der Waals surface area contributed by atoms with Crippen molar-refractivity contribution in [3.05, 3.63) is 47.8 Å². The molecule has 2 aliphatic heterocycles. The van der Waals surface area contributed by atoms with Gasteiger partial charge in [-0.2, -0.15) is 0 Å². The predicted octanol–water partition coefficient (Wildman–Crippen LogP) is 1.32. The van der Waals surface area contributed by atoms with Crippen LogP contribution >= 0.6 is 7.94 Å². The second-order valence-electron chi connectivity index (χ2n) is 6.90. The Morgan fingerprint density at radius 1 is 1.04 bits per heavy atom. The Labute approximate surface area is 153 Å².